The number of hydrogen-bond donors (Lipinski definition) is 0. The van der Waals surface area contributed by atoms with E-state index >= 15 is 0 Å². The van der Waals surface area contributed by atoms with Gasteiger partial charge in [-0.3, -0.25) is 4.79 Å². The molecule has 0 aliphatic heterocycles. The van der Waals surface area contributed by atoms with Crippen LogP contribution in [-0.4, -0.2) is 25.0 Å². The Morgan fingerprint density at radius 3 is 2.27 bits per heavy atom. The summed E-state index contributed by atoms with van der Waals surface area (Å²) >= 11 is 0. The third-order valence-electron chi connectivity index (χ3n) is 4.25. The van der Waals surface area contributed by atoms with E-state index in [0.717, 1.165) is 6.08 Å². The molecular formula is C24H24F2O4. The van der Waals surface area contributed by atoms with Crippen molar-refractivity contribution in [1.29, 1.82) is 0 Å². The Kier molecular flexibility index (Phi) is 8.94. The standard InChI is InChI=1S/C24H24F2O4/c1-3-22(27)8-6-9-29-23-15-19(14-21(26)16-23)18-11-17(12-20(25)13-18)7-5-10-30-24(28)4-2/h3-4,11-16H,1-2,5-10H2. The number of benzene rings is 2. The first-order chi connectivity index (χ1) is 14.4. The quantitative estimate of drug-likeness (QED) is 0.272. The van der Waals surface area contributed by atoms with Crippen LogP contribution in [0, 0.1) is 11.6 Å². The fraction of sp³-hybridized carbons (Fsp3) is 0.250. The molecule has 0 saturated carbocycles. The zero-order chi connectivity index (χ0) is 21.9. The van der Waals surface area contributed by atoms with Gasteiger partial charge in [0.15, 0.2) is 5.78 Å². The lowest BCUT2D eigenvalue weighted by Gasteiger charge is -2.10. The Labute approximate surface area is 174 Å². The van der Waals surface area contributed by atoms with Crippen LogP contribution in [0.5, 0.6) is 5.75 Å². The number of carbonyl (C=O) groups is 2. The lowest BCUT2D eigenvalue weighted by atomic mass is 10.0. The number of ether oxygens (including phenoxy) is 2. The van der Waals surface area contributed by atoms with Gasteiger partial charge in [-0.05, 0) is 66.3 Å². The highest BCUT2D eigenvalue weighted by Gasteiger charge is 2.08. The number of halogens is 2. The van der Waals surface area contributed by atoms with Crippen molar-refractivity contribution in [3.05, 3.63) is 78.9 Å². The Balaban J connectivity index is 2.06. The van der Waals surface area contributed by atoms with E-state index in [-0.39, 0.29) is 19.0 Å². The third kappa shape index (κ3) is 7.62. The van der Waals surface area contributed by atoms with Gasteiger partial charge in [-0.2, -0.15) is 0 Å². The van der Waals surface area contributed by atoms with Crippen LogP contribution in [0.2, 0.25) is 0 Å². The normalized spacial score (nSPS) is 10.3. The minimum absolute atomic E-state index is 0.0786. The molecule has 0 aliphatic carbocycles. The Hall–Kier alpha value is -3.28. The highest BCUT2D eigenvalue weighted by molar-refractivity contribution is 5.88. The molecule has 0 spiro atoms. The smallest absolute Gasteiger partial charge is 0.330 e. The second-order valence-electron chi connectivity index (χ2n) is 6.62. The summed E-state index contributed by atoms with van der Waals surface area (Å²) in [6.07, 6.45) is 4.14. The third-order valence-corrected chi connectivity index (χ3v) is 4.25. The topological polar surface area (TPSA) is 52.6 Å². The predicted molar refractivity (Wildman–Crippen MR) is 111 cm³/mol. The number of carbonyl (C=O) groups excluding carboxylic acids is 2. The highest BCUT2D eigenvalue weighted by Crippen LogP contribution is 2.28. The monoisotopic (exact) mass is 414 g/mol. The predicted octanol–water partition coefficient (Wildman–Crippen LogP) is 5.21. The van der Waals surface area contributed by atoms with E-state index in [4.69, 9.17) is 9.47 Å². The minimum atomic E-state index is -0.508. The summed E-state index contributed by atoms with van der Waals surface area (Å²) in [6, 6.07) is 8.66. The molecular weight excluding hydrogens is 390 g/mol. The van der Waals surface area contributed by atoms with Crippen molar-refractivity contribution < 1.29 is 27.8 Å². The van der Waals surface area contributed by atoms with Crippen molar-refractivity contribution in [2.24, 2.45) is 0 Å². The summed E-state index contributed by atoms with van der Waals surface area (Å²) in [5.74, 6) is -1.23. The molecule has 0 N–H and O–H groups in total. The molecule has 2 aromatic carbocycles. The zero-order valence-electron chi connectivity index (χ0n) is 16.7. The van der Waals surface area contributed by atoms with Crippen LogP contribution in [0.15, 0.2) is 61.7 Å². The van der Waals surface area contributed by atoms with Crippen molar-refractivity contribution in [3.8, 4) is 16.9 Å². The first-order valence-electron chi connectivity index (χ1n) is 9.59. The second-order valence-corrected chi connectivity index (χ2v) is 6.62. The largest absolute Gasteiger partial charge is 0.493 e. The SMILES string of the molecule is C=CC(=O)CCCOc1cc(F)cc(-c2cc(F)cc(CCCOC(=O)C=C)c2)c1. The first-order valence-corrected chi connectivity index (χ1v) is 9.59. The summed E-state index contributed by atoms with van der Waals surface area (Å²) in [7, 11) is 0. The van der Waals surface area contributed by atoms with Crippen molar-refractivity contribution in [3.63, 3.8) is 0 Å². The molecule has 0 fully saturated rings. The molecule has 0 radical (unpaired) electrons. The molecule has 2 rings (SSSR count). The zero-order valence-corrected chi connectivity index (χ0v) is 16.7. The summed E-state index contributed by atoms with van der Waals surface area (Å²) in [5, 5.41) is 0. The van der Waals surface area contributed by atoms with Gasteiger partial charge < -0.3 is 9.47 Å². The van der Waals surface area contributed by atoms with E-state index in [1.807, 2.05) is 0 Å². The van der Waals surface area contributed by atoms with Crippen LogP contribution in [0.3, 0.4) is 0 Å². The maximum Gasteiger partial charge on any atom is 0.330 e. The number of allylic oxidation sites excluding steroid dienone is 1. The molecule has 2 aromatic rings. The van der Waals surface area contributed by atoms with E-state index in [2.05, 4.69) is 13.2 Å². The lowest BCUT2D eigenvalue weighted by Crippen LogP contribution is -2.03. The second kappa shape index (κ2) is 11.7. The van der Waals surface area contributed by atoms with Gasteiger partial charge in [-0.15, -0.1) is 0 Å². The molecule has 30 heavy (non-hydrogen) atoms. The molecule has 0 amide bonds. The number of rotatable bonds is 12. The van der Waals surface area contributed by atoms with Gasteiger partial charge in [-0.25, -0.2) is 13.6 Å². The average Bonchev–Trinajstić information content (AvgIpc) is 2.73. The summed E-state index contributed by atoms with van der Waals surface area (Å²) < 4.78 is 38.6. The summed E-state index contributed by atoms with van der Waals surface area (Å²) in [6.45, 7) is 7.17. The van der Waals surface area contributed by atoms with Crippen molar-refractivity contribution in [2.45, 2.75) is 25.7 Å². The molecule has 158 valence electrons. The first kappa shape index (κ1) is 23.0. The summed E-state index contributed by atoms with van der Waals surface area (Å²) in [4.78, 5) is 22.3. The molecule has 0 bridgehead atoms. The Morgan fingerprint density at radius 1 is 0.867 bits per heavy atom. The minimum Gasteiger partial charge on any atom is -0.493 e. The molecule has 0 atom stereocenters. The van der Waals surface area contributed by atoms with Gasteiger partial charge >= 0.3 is 5.97 Å². The molecule has 0 aliphatic rings. The number of aryl methyl sites for hydroxylation is 1. The van der Waals surface area contributed by atoms with Crippen LogP contribution in [0.1, 0.15) is 24.8 Å². The van der Waals surface area contributed by atoms with Gasteiger partial charge in [0.2, 0.25) is 0 Å². The Bertz CT molecular complexity index is 846. The van der Waals surface area contributed by atoms with Crippen LogP contribution in [0.25, 0.3) is 11.1 Å². The molecule has 4 nitrogen and oxygen atoms in total. The number of hydrogen-bond acceptors (Lipinski definition) is 4. The van der Waals surface area contributed by atoms with Gasteiger partial charge in [0.1, 0.15) is 17.4 Å². The van der Waals surface area contributed by atoms with E-state index in [0.29, 0.717) is 48.1 Å². The van der Waals surface area contributed by atoms with Crippen molar-refractivity contribution in [2.75, 3.05) is 13.2 Å². The van der Waals surface area contributed by atoms with Gasteiger partial charge in [0.05, 0.1) is 13.2 Å². The van der Waals surface area contributed by atoms with E-state index in [9.17, 15) is 18.4 Å². The van der Waals surface area contributed by atoms with E-state index in [1.165, 1.54) is 30.3 Å². The molecule has 0 saturated heterocycles. The maximum atomic E-state index is 14.1. The summed E-state index contributed by atoms with van der Waals surface area (Å²) in [5.41, 5.74) is 1.69. The van der Waals surface area contributed by atoms with Crippen LogP contribution in [-0.2, 0) is 20.7 Å². The maximum absolute atomic E-state index is 14.1. The lowest BCUT2D eigenvalue weighted by molar-refractivity contribution is -0.137. The highest BCUT2D eigenvalue weighted by atomic mass is 19.1. The van der Waals surface area contributed by atoms with Crippen molar-refractivity contribution in [1.82, 2.24) is 0 Å². The fourth-order valence-corrected chi connectivity index (χ4v) is 2.82. The van der Waals surface area contributed by atoms with Gasteiger partial charge in [-0.1, -0.05) is 19.2 Å². The molecule has 0 unspecified atom stereocenters. The molecule has 0 heterocycles. The van der Waals surface area contributed by atoms with Crippen molar-refractivity contribution >= 4 is 11.8 Å². The van der Waals surface area contributed by atoms with Gasteiger partial charge in [0, 0.05) is 18.6 Å². The molecule has 0 aromatic heterocycles. The van der Waals surface area contributed by atoms with E-state index in [1.54, 1.807) is 12.1 Å². The number of ketones is 1. The van der Waals surface area contributed by atoms with Crippen LogP contribution < -0.4 is 4.74 Å². The molecule has 6 heteroatoms. The fourth-order valence-electron chi connectivity index (χ4n) is 2.82. The van der Waals surface area contributed by atoms with E-state index < -0.39 is 17.6 Å². The van der Waals surface area contributed by atoms with Crippen LogP contribution >= 0.6 is 0 Å². The number of esters is 1. The van der Waals surface area contributed by atoms with Gasteiger partial charge in [0.25, 0.3) is 0 Å². The Morgan fingerprint density at radius 2 is 1.57 bits per heavy atom. The average molecular weight is 414 g/mol. The van der Waals surface area contributed by atoms with Crippen LogP contribution in [0.4, 0.5) is 8.78 Å².